The molecule has 1 aromatic heterocycles. The zero-order chi connectivity index (χ0) is 29.4. The Morgan fingerprint density at radius 2 is 1.71 bits per heavy atom. The first-order chi connectivity index (χ1) is 20.4. The molecule has 0 atom stereocenters. The van der Waals surface area contributed by atoms with Crippen LogP contribution < -0.4 is 15.4 Å². The average Bonchev–Trinajstić information content (AvgIpc) is 3.02. The Kier molecular flexibility index (Phi) is 9.74. The number of aliphatic hydroxyl groups is 1. The smallest absolute Gasteiger partial charge is 0.308 e. The number of hydrogen-bond donors (Lipinski definition) is 4. The van der Waals surface area contributed by atoms with Gasteiger partial charge in [-0.1, -0.05) is 61.7 Å². The number of ether oxygens (including phenoxy) is 2. The van der Waals surface area contributed by atoms with Crippen LogP contribution in [0, 0.1) is 11.3 Å². The first-order valence-corrected chi connectivity index (χ1v) is 15.2. The number of carbonyl (C=O) groups excluding carboxylic acids is 1. The van der Waals surface area contributed by atoms with E-state index in [-0.39, 0.29) is 17.7 Å². The summed E-state index contributed by atoms with van der Waals surface area (Å²) in [5.41, 5.74) is 3.03. The molecule has 2 fully saturated rings. The highest BCUT2D eigenvalue weighted by Crippen LogP contribution is 2.40. The van der Waals surface area contributed by atoms with Gasteiger partial charge in [-0.15, -0.1) is 0 Å². The van der Waals surface area contributed by atoms with Gasteiger partial charge in [0, 0.05) is 17.9 Å². The van der Waals surface area contributed by atoms with E-state index in [0.717, 1.165) is 35.3 Å². The number of hydrogen-bond acceptors (Lipinski definition) is 7. The van der Waals surface area contributed by atoms with Gasteiger partial charge in [0.15, 0.2) is 0 Å². The predicted octanol–water partition coefficient (Wildman–Crippen LogP) is 6.78. The zero-order valence-electron chi connectivity index (χ0n) is 24.4. The van der Waals surface area contributed by atoms with E-state index in [2.05, 4.69) is 15.6 Å². The van der Waals surface area contributed by atoms with Crippen LogP contribution in [-0.2, 0) is 21.7 Å². The molecule has 8 nitrogen and oxygen atoms in total. The van der Waals surface area contributed by atoms with Crippen LogP contribution in [0.25, 0.3) is 0 Å². The summed E-state index contributed by atoms with van der Waals surface area (Å²) in [7, 11) is 0. The lowest BCUT2D eigenvalue weighted by atomic mass is 9.75. The Labute approximate surface area is 248 Å². The minimum Gasteiger partial charge on any atom is -0.472 e. The zero-order valence-corrected chi connectivity index (χ0v) is 24.4. The molecule has 2 aromatic carbocycles. The minimum absolute atomic E-state index is 0.152. The fraction of sp³-hybridized carbons (Fsp3) is 0.441. The predicted molar refractivity (Wildman–Crippen MR) is 165 cm³/mol. The van der Waals surface area contributed by atoms with Crippen molar-refractivity contribution in [2.24, 2.45) is 5.92 Å². The molecule has 3 aromatic rings. The molecule has 1 heterocycles. The first kappa shape index (κ1) is 29.6. The molecule has 0 amide bonds. The normalized spacial score (nSPS) is 20.9. The van der Waals surface area contributed by atoms with Crippen molar-refractivity contribution in [1.29, 1.82) is 5.41 Å². The third kappa shape index (κ3) is 7.29. The molecule has 4 N–H and O–H groups in total. The van der Waals surface area contributed by atoms with Crippen LogP contribution in [0.2, 0.25) is 0 Å². The summed E-state index contributed by atoms with van der Waals surface area (Å²) in [5.74, 6) is 0.269. The number of esters is 1. The highest BCUT2D eigenvalue weighted by atomic mass is 16.5. The van der Waals surface area contributed by atoms with Gasteiger partial charge >= 0.3 is 5.97 Å². The van der Waals surface area contributed by atoms with Crippen LogP contribution in [0.15, 0.2) is 66.9 Å². The topological polar surface area (TPSA) is 117 Å². The maximum absolute atomic E-state index is 12.1. The molecule has 0 saturated heterocycles. The fourth-order valence-electron chi connectivity index (χ4n) is 6.06. The molecule has 2 aliphatic rings. The van der Waals surface area contributed by atoms with Crippen molar-refractivity contribution in [3.05, 3.63) is 83.6 Å². The fourth-order valence-corrected chi connectivity index (χ4v) is 6.06. The number of nitrogens with zero attached hydrogens (tertiary/aromatic N) is 1. The van der Waals surface area contributed by atoms with Crippen LogP contribution >= 0.6 is 0 Å². The molecule has 0 unspecified atom stereocenters. The SMILES string of the molecule is CCOC(=O)[C@H]1CC[C@](O)(c2ccc(NC(=N)c3c(NC4CCCCC4)ccnc3OCc3ccccc3)cc2)CC1. The van der Waals surface area contributed by atoms with Gasteiger partial charge in [-0.3, -0.25) is 10.2 Å². The molecule has 0 aliphatic heterocycles. The van der Waals surface area contributed by atoms with Gasteiger partial charge in [-0.05, 0) is 74.8 Å². The Hall–Kier alpha value is -3.91. The van der Waals surface area contributed by atoms with E-state index in [9.17, 15) is 9.90 Å². The summed E-state index contributed by atoms with van der Waals surface area (Å²) < 4.78 is 11.3. The van der Waals surface area contributed by atoms with Crippen molar-refractivity contribution in [1.82, 2.24) is 4.98 Å². The quantitative estimate of drug-likeness (QED) is 0.121. The molecule has 222 valence electrons. The van der Waals surface area contributed by atoms with Gasteiger partial charge in [-0.25, -0.2) is 4.98 Å². The lowest BCUT2D eigenvalue weighted by Crippen LogP contribution is -2.34. The van der Waals surface area contributed by atoms with Gasteiger partial charge in [0.2, 0.25) is 5.88 Å². The minimum atomic E-state index is -0.978. The first-order valence-electron chi connectivity index (χ1n) is 15.2. The lowest BCUT2D eigenvalue weighted by molar-refractivity contribution is -0.151. The number of rotatable bonds is 10. The van der Waals surface area contributed by atoms with E-state index in [1.807, 2.05) is 67.6 Å². The maximum atomic E-state index is 12.1. The van der Waals surface area contributed by atoms with E-state index < -0.39 is 5.60 Å². The van der Waals surface area contributed by atoms with Crippen molar-refractivity contribution in [3.63, 3.8) is 0 Å². The number of nitrogens with one attached hydrogen (secondary N) is 3. The highest BCUT2D eigenvalue weighted by Gasteiger charge is 2.37. The number of benzene rings is 2. The van der Waals surface area contributed by atoms with Crippen molar-refractivity contribution in [2.45, 2.75) is 83.0 Å². The number of aromatic nitrogens is 1. The van der Waals surface area contributed by atoms with Gasteiger partial charge < -0.3 is 25.2 Å². The maximum Gasteiger partial charge on any atom is 0.308 e. The standard InChI is InChI=1S/C34H42N4O4/c1-2-41-33(39)25-17-20-34(40,21-18-25)26-13-15-28(16-14-26)38-31(35)30-29(37-27-11-7-4-8-12-27)19-22-36-32(30)42-23-24-9-5-3-6-10-24/h3,5-6,9-10,13-16,19,22,25,27,40H,2,4,7-8,11-12,17-18,20-21,23H2,1H3,(H2,35,38)(H,36,37)/t25-,34+. The summed E-state index contributed by atoms with van der Waals surface area (Å²) in [4.78, 5) is 16.6. The molecule has 2 aliphatic carbocycles. The largest absolute Gasteiger partial charge is 0.472 e. The lowest BCUT2D eigenvalue weighted by Gasteiger charge is -2.35. The van der Waals surface area contributed by atoms with Crippen LogP contribution in [0.4, 0.5) is 11.4 Å². The average molecular weight is 571 g/mol. The van der Waals surface area contributed by atoms with Crippen molar-refractivity contribution in [3.8, 4) is 5.88 Å². The van der Waals surface area contributed by atoms with Gasteiger partial charge in [0.25, 0.3) is 0 Å². The molecule has 2 saturated carbocycles. The molecule has 42 heavy (non-hydrogen) atoms. The van der Waals surface area contributed by atoms with Crippen molar-refractivity contribution in [2.75, 3.05) is 17.2 Å². The second-order valence-electron chi connectivity index (χ2n) is 11.4. The monoisotopic (exact) mass is 570 g/mol. The summed E-state index contributed by atoms with van der Waals surface area (Å²) in [6, 6.07) is 19.8. The molecule has 0 radical (unpaired) electrons. The van der Waals surface area contributed by atoms with Crippen LogP contribution in [0.3, 0.4) is 0 Å². The Morgan fingerprint density at radius 3 is 2.40 bits per heavy atom. The van der Waals surface area contributed by atoms with E-state index in [4.69, 9.17) is 14.9 Å². The number of carbonyl (C=O) groups is 1. The summed E-state index contributed by atoms with van der Waals surface area (Å²) in [6.45, 7) is 2.54. The van der Waals surface area contributed by atoms with Crippen LogP contribution in [-0.4, -0.2) is 34.5 Å². The number of pyridine rings is 1. The van der Waals surface area contributed by atoms with Crippen LogP contribution in [0.5, 0.6) is 5.88 Å². The molecule has 0 bridgehead atoms. The Bertz CT molecular complexity index is 1330. The number of anilines is 2. The van der Waals surface area contributed by atoms with Crippen molar-refractivity contribution < 1.29 is 19.4 Å². The van der Waals surface area contributed by atoms with Gasteiger partial charge in [0.05, 0.1) is 23.8 Å². The van der Waals surface area contributed by atoms with E-state index in [1.54, 1.807) is 6.20 Å². The Morgan fingerprint density at radius 1 is 1.00 bits per heavy atom. The number of amidine groups is 1. The van der Waals surface area contributed by atoms with E-state index in [0.29, 0.717) is 56.4 Å². The molecule has 0 spiro atoms. The van der Waals surface area contributed by atoms with Crippen molar-refractivity contribution >= 4 is 23.2 Å². The second kappa shape index (κ2) is 13.8. The molecule has 8 heteroatoms. The third-order valence-corrected chi connectivity index (χ3v) is 8.47. The van der Waals surface area contributed by atoms with Gasteiger partial charge in [0.1, 0.15) is 18.0 Å². The second-order valence-corrected chi connectivity index (χ2v) is 11.4. The summed E-state index contributed by atoms with van der Waals surface area (Å²) in [6.07, 6.45) is 9.82. The molecular formula is C34H42N4O4. The Balaban J connectivity index is 1.30. The van der Waals surface area contributed by atoms with E-state index >= 15 is 0 Å². The third-order valence-electron chi connectivity index (χ3n) is 8.47. The molecular weight excluding hydrogens is 528 g/mol. The summed E-state index contributed by atoms with van der Waals surface area (Å²) >= 11 is 0. The van der Waals surface area contributed by atoms with Crippen LogP contribution in [0.1, 0.15) is 81.4 Å². The molecule has 5 rings (SSSR count). The van der Waals surface area contributed by atoms with E-state index in [1.165, 1.54) is 19.3 Å². The van der Waals surface area contributed by atoms with Gasteiger partial charge in [-0.2, -0.15) is 0 Å². The summed E-state index contributed by atoms with van der Waals surface area (Å²) in [5, 5.41) is 27.3. The highest BCUT2D eigenvalue weighted by molar-refractivity contribution is 6.11.